The van der Waals surface area contributed by atoms with Crippen molar-refractivity contribution in [3.8, 4) is 0 Å². The molecule has 0 atom stereocenters. The molecule has 8 heteroatoms. The van der Waals surface area contributed by atoms with E-state index in [9.17, 15) is 8.78 Å². The fraction of sp³-hybridized carbons (Fsp3) is 0.333. The van der Waals surface area contributed by atoms with Gasteiger partial charge in [0.1, 0.15) is 0 Å². The predicted molar refractivity (Wildman–Crippen MR) is 119 cm³/mol. The summed E-state index contributed by atoms with van der Waals surface area (Å²) in [7, 11) is 1.66. The van der Waals surface area contributed by atoms with Crippen molar-refractivity contribution in [2.45, 2.75) is 32.6 Å². The van der Waals surface area contributed by atoms with Crippen molar-refractivity contribution in [3.05, 3.63) is 76.8 Å². The standard InChI is InChI=1S/C24H25F2IN3OS/c1-15-7-8-16(2)20(13-15)28-24(31-3)30-11-9-17(10-12-30)23-29-21(14-32-23)27-22-18(25)5-4-6-19(22)26/h4-8,13-14,17H,9-12H2,1-3H3/q-1. The molecule has 0 spiro atoms. The van der Waals surface area contributed by atoms with E-state index in [1.54, 1.807) is 18.4 Å². The first-order valence-electron chi connectivity index (χ1n) is 10.4. The Bertz CT molecular complexity index is 1110. The number of methoxy groups -OCH3 is 1. The van der Waals surface area contributed by atoms with Gasteiger partial charge < -0.3 is 0 Å². The van der Waals surface area contributed by atoms with E-state index in [-0.39, 0.29) is 3.57 Å². The molecule has 2 aromatic carbocycles. The third-order valence-electron chi connectivity index (χ3n) is 5.47. The molecule has 1 aliphatic rings. The minimum absolute atomic E-state index is 0.186. The molecular weight excluding hydrogens is 543 g/mol. The number of ether oxygens (including phenoxy) is 1. The fourth-order valence-electron chi connectivity index (χ4n) is 3.67. The summed E-state index contributed by atoms with van der Waals surface area (Å²) >= 11 is 0.626. The van der Waals surface area contributed by atoms with Crippen molar-refractivity contribution >= 4 is 23.0 Å². The number of piperidine rings is 1. The molecule has 2 heterocycles. The van der Waals surface area contributed by atoms with E-state index in [1.165, 1.54) is 23.8 Å². The summed E-state index contributed by atoms with van der Waals surface area (Å²) in [5, 5.41) is 3.02. The van der Waals surface area contributed by atoms with E-state index in [1.807, 2.05) is 12.3 Å². The van der Waals surface area contributed by atoms with Crippen LogP contribution in [0.2, 0.25) is 0 Å². The Morgan fingerprint density at radius 3 is 2.56 bits per heavy atom. The molecule has 0 saturated carbocycles. The Labute approximate surface area is 201 Å². The zero-order chi connectivity index (χ0) is 22.7. The first-order valence-corrected chi connectivity index (χ1v) is 13.5. The molecule has 0 unspecified atom stereocenters. The van der Waals surface area contributed by atoms with E-state index in [2.05, 4.69) is 30.0 Å². The number of likely N-dealkylation sites (tertiary alicyclic amines) is 1. The molecule has 0 amide bonds. The second kappa shape index (κ2) is 10.2. The van der Waals surface area contributed by atoms with Crippen LogP contribution in [0.3, 0.4) is 0 Å². The van der Waals surface area contributed by atoms with Crippen molar-refractivity contribution in [1.29, 1.82) is 0 Å². The van der Waals surface area contributed by atoms with Crippen LogP contribution in [0.1, 0.15) is 34.9 Å². The van der Waals surface area contributed by atoms with Crippen molar-refractivity contribution < 1.29 is 34.7 Å². The average Bonchev–Trinajstić information content (AvgIpc) is 3.26. The Morgan fingerprint density at radius 2 is 1.88 bits per heavy atom. The molecule has 1 aliphatic heterocycles. The molecule has 1 aromatic heterocycles. The van der Waals surface area contributed by atoms with Crippen LogP contribution in [0.5, 0.6) is 0 Å². The van der Waals surface area contributed by atoms with Gasteiger partial charge in [-0.05, 0) is 6.92 Å². The Morgan fingerprint density at radius 1 is 1.16 bits per heavy atom. The van der Waals surface area contributed by atoms with Gasteiger partial charge in [0.15, 0.2) is 0 Å². The molecule has 0 aliphatic carbocycles. The zero-order valence-electron chi connectivity index (χ0n) is 18.2. The summed E-state index contributed by atoms with van der Waals surface area (Å²) in [4.78, 5) is 11.7. The van der Waals surface area contributed by atoms with Gasteiger partial charge in [0.25, 0.3) is 0 Å². The van der Waals surface area contributed by atoms with Crippen LogP contribution in [0, 0.1) is 32.8 Å². The predicted octanol–water partition coefficient (Wildman–Crippen LogP) is 2.68. The maximum absolute atomic E-state index is 14.0. The second-order valence-corrected chi connectivity index (χ2v) is 11.4. The van der Waals surface area contributed by atoms with E-state index in [0.717, 1.165) is 45.9 Å². The summed E-state index contributed by atoms with van der Waals surface area (Å²) in [6, 6.07) is 10.9. The molecule has 1 saturated heterocycles. The Hall–Kier alpha value is -2.07. The SMILES string of the molecule is COC(=Nc1cc(C)ccc1C)N1CCC(c2nc([I-]c3c(F)cccc3F)cs2)CC1. The Balaban J connectivity index is 1.41. The van der Waals surface area contributed by atoms with Crippen LogP contribution in [0.25, 0.3) is 0 Å². The normalized spacial score (nSPS) is 15.4. The molecular formula is C24H25F2IN3OS-. The monoisotopic (exact) mass is 568 g/mol. The van der Waals surface area contributed by atoms with E-state index in [4.69, 9.17) is 14.7 Å². The molecule has 4 nitrogen and oxygen atoms in total. The van der Waals surface area contributed by atoms with Crippen LogP contribution in [-0.2, 0) is 4.74 Å². The number of hydrogen-bond donors (Lipinski definition) is 0. The second-order valence-electron chi connectivity index (χ2n) is 7.79. The molecule has 3 aromatic rings. The number of halogens is 3. The summed E-state index contributed by atoms with van der Waals surface area (Å²) in [6.45, 7) is 5.76. The van der Waals surface area contributed by atoms with E-state index < -0.39 is 32.8 Å². The van der Waals surface area contributed by atoms with Crippen LogP contribution >= 0.6 is 11.3 Å². The zero-order valence-corrected chi connectivity index (χ0v) is 21.2. The van der Waals surface area contributed by atoms with Gasteiger partial charge in [-0.3, -0.25) is 0 Å². The topological polar surface area (TPSA) is 37.7 Å². The number of thiazole rings is 1. The third kappa shape index (κ3) is 5.28. The fourth-order valence-corrected chi connectivity index (χ4v) is 7.30. The molecule has 4 rings (SSSR count). The molecule has 32 heavy (non-hydrogen) atoms. The molecule has 0 bridgehead atoms. The first kappa shape index (κ1) is 23.1. The quantitative estimate of drug-likeness (QED) is 0.210. The van der Waals surface area contributed by atoms with Crippen molar-refractivity contribution in [3.63, 3.8) is 0 Å². The van der Waals surface area contributed by atoms with Gasteiger partial charge in [-0.15, -0.1) is 0 Å². The van der Waals surface area contributed by atoms with Crippen molar-refractivity contribution in [2.75, 3.05) is 20.2 Å². The maximum atomic E-state index is 14.0. The number of hydrogen-bond acceptors (Lipinski definition) is 4. The van der Waals surface area contributed by atoms with Gasteiger partial charge >= 0.3 is 189 Å². The molecule has 0 radical (unpaired) electrons. The number of aromatic nitrogens is 1. The summed E-state index contributed by atoms with van der Waals surface area (Å²) in [6.07, 6.45) is 1.88. The van der Waals surface area contributed by atoms with Gasteiger partial charge in [-0.25, -0.2) is 0 Å². The molecule has 1 fully saturated rings. The van der Waals surface area contributed by atoms with Gasteiger partial charge in [-0.1, -0.05) is 6.07 Å². The van der Waals surface area contributed by atoms with Crippen LogP contribution in [-0.4, -0.2) is 36.1 Å². The van der Waals surface area contributed by atoms with Crippen molar-refractivity contribution in [1.82, 2.24) is 9.88 Å². The minimum atomic E-state index is -0.974. The van der Waals surface area contributed by atoms with Gasteiger partial charge in [0, 0.05) is 0 Å². The molecule has 170 valence electrons. The Kier molecular flexibility index (Phi) is 7.40. The number of aryl methyl sites for hydroxylation is 2. The van der Waals surface area contributed by atoms with E-state index >= 15 is 0 Å². The average molecular weight is 568 g/mol. The number of nitrogens with zero attached hydrogens (tertiary/aromatic N) is 3. The van der Waals surface area contributed by atoms with Gasteiger partial charge in [0.05, 0.1) is 0 Å². The summed E-state index contributed by atoms with van der Waals surface area (Å²) < 4.78 is 34.6. The van der Waals surface area contributed by atoms with Gasteiger partial charge in [0.2, 0.25) is 0 Å². The summed E-state index contributed by atoms with van der Waals surface area (Å²) in [5.41, 5.74) is 3.21. The van der Waals surface area contributed by atoms with Crippen LogP contribution in [0.4, 0.5) is 14.5 Å². The van der Waals surface area contributed by atoms with E-state index in [0.29, 0.717) is 11.9 Å². The van der Waals surface area contributed by atoms with Gasteiger partial charge in [-0.2, -0.15) is 0 Å². The number of rotatable bonds is 4. The van der Waals surface area contributed by atoms with Crippen molar-refractivity contribution in [2.24, 2.45) is 4.99 Å². The molecule has 0 N–H and O–H groups in total. The number of amidine groups is 1. The van der Waals surface area contributed by atoms with Crippen LogP contribution in [0.15, 0.2) is 46.8 Å². The van der Waals surface area contributed by atoms with Crippen LogP contribution < -0.4 is 21.2 Å². The first-order chi connectivity index (χ1) is 15.4. The summed E-state index contributed by atoms with van der Waals surface area (Å²) in [5.74, 6) is -0.606. The number of aliphatic imine (C=N–C) groups is 1. The number of benzene rings is 2. The third-order valence-corrected chi connectivity index (χ3v) is 9.57.